The molecule has 1 fully saturated rings. The van der Waals surface area contributed by atoms with Gasteiger partial charge in [0, 0.05) is 0 Å². The Kier molecular flexibility index (Phi) is 9.01. The molecule has 1 aliphatic rings. The topological polar surface area (TPSA) is 106 Å². The number of nitrogens with zero attached hydrogens (tertiary/aromatic N) is 4. The highest BCUT2D eigenvalue weighted by atomic mass is 32.2. The second kappa shape index (κ2) is 13.2. The van der Waals surface area contributed by atoms with Crippen molar-refractivity contribution >= 4 is 23.2 Å². The maximum Gasteiger partial charge on any atom is 0.209 e. The average Bonchev–Trinajstić information content (AvgIpc) is 3.59. The SMILES string of the molecule is CSc1nc(N)c2ncc([C@@H]3O[C@H](COCc4ccccc4)[C@@H](OCc4ccccc4)[C@@]3(C)OCc3ccccc3)n2n1. The maximum atomic E-state index is 6.83. The molecule has 1 saturated heterocycles. The molecule has 0 saturated carbocycles. The first-order chi connectivity index (χ1) is 21.0. The molecule has 222 valence electrons. The van der Waals surface area contributed by atoms with Gasteiger partial charge in [-0.05, 0) is 29.9 Å². The van der Waals surface area contributed by atoms with Crippen LogP contribution in [-0.2, 0) is 38.8 Å². The molecular weight excluding hydrogens is 562 g/mol. The lowest BCUT2D eigenvalue weighted by Gasteiger charge is -2.35. The summed E-state index contributed by atoms with van der Waals surface area (Å²) in [6.45, 7) is 3.55. The molecule has 0 bridgehead atoms. The zero-order chi connectivity index (χ0) is 29.6. The molecule has 2 N–H and O–H groups in total. The van der Waals surface area contributed by atoms with Crippen LogP contribution in [0.3, 0.4) is 0 Å². The molecule has 0 unspecified atom stereocenters. The quantitative estimate of drug-likeness (QED) is 0.183. The first-order valence-corrected chi connectivity index (χ1v) is 15.4. The second-order valence-corrected chi connectivity index (χ2v) is 11.4. The van der Waals surface area contributed by atoms with Crippen molar-refractivity contribution in [3.63, 3.8) is 0 Å². The summed E-state index contributed by atoms with van der Waals surface area (Å²) < 4.78 is 28.3. The number of hydrogen-bond donors (Lipinski definition) is 1. The summed E-state index contributed by atoms with van der Waals surface area (Å²) in [5, 5.41) is 5.24. The van der Waals surface area contributed by atoms with Crippen LogP contribution in [0.2, 0.25) is 0 Å². The third kappa shape index (κ3) is 6.43. The summed E-state index contributed by atoms with van der Waals surface area (Å²) in [4.78, 5) is 8.93. The van der Waals surface area contributed by atoms with Crippen molar-refractivity contribution in [2.45, 2.75) is 55.8 Å². The van der Waals surface area contributed by atoms with Gasteiger partial charge < -0.3 is 24.7 Å². The fourth-order valence-corrected chi connectivity index (χ4v) is 5.78. The zero-order valence-electron chi connectivity index (χ0n) is 24.2. The van der Waals surface area contributed by atoms with Gasteiger partial charge in [0.15, 0.2) is 11.5 Å². The number of aromatic nitrogens is 4. The lowest BCUT2D eigenvalue weighted by atomic mass is 9.90. The van der Waals surface area contributed by atoms with E-state index in [1.54, 1.807) is 10.7 Å². The van der Waals surface area contributed by atoms with Gasteiger partial charge in [-0.3, -0.25) is 0 Å². The van der Waals surface area contributed by atoms with Gasteiger partial charge in [-0.15, -0.1) is 5.10 Å². The fourth-order valence-electron chi connectivity index (χ4n) is 5.43. The molecular formula is C33H35N5O4S. The lowest BCUT2D eigenvalue weighted by Crippen LogP contribution is -2.47. The summed E-state index contributed by atoms with van der Waals surface area (Å²) >= 11 is 1.41. The monoisotopic (exact) mass is 597 g/mol. The Bertz CT molecular complexity index is 1620. The van der Waals surface area contributed by atoms with Crippen LogP contribution < -0.4 is 5.73 Å². The molecule has 0 spiro atoms. The minimum absolute atomic E-state index is 0.301. The molecule has 2 aromatic heterocycles. The molecule has 6 rings (SSSR count). The smallest absolute Gasteiger partial charge is 0.209 e. The van der Waals surface area contributed by atoms with Crippen molar-refractivity contribution in [2.75, 3.05) is 18.6 Å². The van der Waals surface area contributed by atoms with E-state index in [0.29, 0.717) is 48.7 Å². The van der Waals surface area contributed by atoms with Crippen molar-refractivity contribution in [2.24, 2.45) is 0 Å². The van der Waals surface area contributed by atoms with Crippen LogP contribution in [0.4, 0.5) is 5.82 Å². The second-order valence-electron chi connectivity index (χ2n) is 10.6. The summed E-state index contributed by atoms with van der Waals surface area (Å²) in [6.07, 6.45) is 2.12. The van der Waals surface area contributed by atoms with Crippen LogP contribution in [0.25, 0.3) is 5.65 Å². The van der Waals surface area contributed by atoms with E-state index in [1.807, 2.05) is 104 Å². The van der Waals surface area contributed by atoms with E-state index in [0.717, 1.165) is 16.7 Å². The molecule has 5 aromatic rings. The van der Waals surface area contributed by atoms with Crippen LogP contribution in [0.5, 0.6) is 0 Å². The molecule has 0 radical (unpaired) electrons. The Labute approximate surface area is 255 Å². The zero-order valence-corrected chi connectivity index (χ0v) is 25.0. The number of rotatable bonds is 12. The highest BCUT2D eigenvalue weighted by Crippen LogP contribution is 2.46. The van der Waals surface area contributed by atoms with Crippen LogP contribution in [0.15, 0.2) is 102 Å². The van der Waals surface area contributed by atoms with Gasteiger partial charge in [-0.25, -0.2) is 14.5 Å². The first kappa shape index (κ1) is 29.3. The molecule has 4 atom stereocenters. The van der Waals surface area contributed by atoms with Gasteiger partial charge in [0.25, 0.3) is 0 Å². The van der Waals surface area contributed by atoms with E-state index < -0.39 is 23.9 Å². The number of thioether (sulfide) groups is 1. The number of fused-ring (bicyclic) bond motifs is 1. The predicted octanol–water partition coefficient (Wildman–Crippen LogP) is 5.65. The fraction of sp³-hybridized carbons (Fsp3) is 0.303. The van der Waals surface area contributed by atoms with Crippen LogP contribution >= 0.6 is 11.8 Å². The number of benzene rings is 3. The van der Waals surface area contributed by atoms with Crippen LogP contribution in [-0.4, -0.2) is 50.3 Å². The van der Waals surface area contributed by atoms with Gasteiger partial charge >= 0.3 is 0 Å². The molecule has 0 aliphatic carbocycles. The summed E-state index contributed by atoms with van der Waals surface area (Å²) in [5.41, 5.74) is 9.68. The van der Waals surface area contributed by atoms with Crippen molar-refractivity contribution in [3.05, 3.63) is 120 Å². The number of hydrogen-bond acceptors (Lipinski definition) is 9. The molecule has 9 nitrogen and oxygen atoms in total. The largest absolute Gasteiger partial charge is 0.380 e. The number of ether oxygens (including phenoxy) is 4. The number of nitrogen functional groups attached to an aromatic ring is 1. The van der Waals surface area contributed by atoms with E-state index in [1.165, 1.54) is 11.8 Å². The molecule has 43 heavy (non-hydrogen) atoms. The van der Waals surface area contributed by atoms with Crippen molar-refractivity contribution < 1.29 is 18.9 Å². The van der Waals surface area contributed by atoms with Crippen LogP contribution in [0.1, 0.15) is 35.4 Å². The Balaban J connectivity index is 1.36. The van der Waals surface area contributed by atoms with Gasteiger partial charge in [-0.1, -0.05) is 103 Å². The normalized spacial score (nSPS) is 21.9. The van der Waals surface area contributed by atoms with Gasteiger partial charge in [0.05, 0.1) is 38.3 Å². The highest BCUT2D eigenvalue weighted by molar-refractivity contribution is 7.98. The van der Waals surface area contributed by atoms with Crippen LogP contribution in [0, 0.1) is 0 Å². The Hall–Kier alpha value is -3.80. The van der Waals surface area contributed by atoms with E-state index >= 15 is 0 Å². The van der Waals surface area contributed by atoms with E-state index in [2.05, 4.69) is 9.97 Å². The number of nitrogens with two attached hydrogens (primary N) is 1. The van der Waals surface area contributed by atoms with E-state index in [4.69, 9.17) is 29.8 Å². The first-order valence-electron chi connectivity index (χ1n) is 14.2. The molecule has 1 aliphatic heterocycles. The summed E-state index contributed by atoms with van der Waals surface area (Å²) in [6, 6.07) is 30.3. The maximum absolute atomic E-state index is 6.83. The van der Waals surface area contributed by atoms with E-state index in [9.17, 15) is 0 Å². The van der Waals surface area contributed by atoms with Gasteiger partial charge in [0.1, 0.15) is 23.9 Å². The van der Waals surface area contributed by atoms with Crippen molar-refractivity contribution in [1.29, 1.82) is 0 Å². The molecule has 3 heterocycles. The minimum atomic E-state index is -0.944. The summed E-state index contributed by atoms with van der Waals surface area (Å²) in [5.74, 6) is 0.301. The average molecular weight is 598 g/mol. The molecule has 3 aromatic carbocycles. The Morgan fingerprint density at radius 3 is 2.12 bits per heavy atom. The highest BCUT2D eigenvalue weighted by Gasteiger charge is 2.57. The lowest BCUT2D eigenvalue weighted by molar-refractivity contribution is -0.148. The third-order valence-corrected chi connectivity index (χ3v) is 8.18. The molecule has 0 amide bonds. The summed E-state index contributed by atoms with van der Waals surface area (Å²) in [7, 11) is 0. The Morgan fingerprint density at radius 1 is 0.884 bits per heavy atom. The Morgan fingerprint density at radius 2 is 1.49 bits per heavy atom. The molecule has 10 heteroatoms. The van der Waals surface area contributed by atoms with E-state index in [-0.39, 0.29) is 0 Å². The minimum Gasteiger partial charge on any atom is -0.380 e. The van der Waals surface area contributed by atoms with Gasteiger partial charge in [-0.2, -0.15) is 0 Å². The predicted molar refractivity (Wildman–Crippen MR) is 165 cm³/mol. The van der Waals surface area contributed by atoms with Crippen molar-refractivity contribution in [1.82, 2.24) is 19.6 Å². The number of imidazole rings is 1. The van der Waals surface area contributed by atoms with Gasteiger partial charge in [0.2, 0.25) is 5.16 Å². The third-order valence-electron chi connectivity index (χ3n) is 7.64. The number of anilines is 1. The standard InChI is InChI=1S/C33H35N5O4S/c1-33(41-21-25-16-10-5-11-17-25)28(26-18-35-31-30(34)36-32(43-2)37-38(26)31)42-27(22-39-19-23-12-6-3-7-13-23)29(33)40-20-24-14-8-4-9-15-24/h3-18,27-29H,19-22H2,1-2H3,(H2,34,36,37)/t27-,28+,29-,33+/m1/s1. The van der Waals surface area contributed by atoms with Crippen molar-refractivity contribution in [3.8, 4) is 0 Å².